The number of esters is 1. The zero-order valence-corrected chi connectivity index (χ0v) is 41.9. The predicted molar refractivity (Wildman–Crippen MR) is 263 cm³/mol. The van der Waals surface area contributed by atoms with Crippen molar-refractivity contribution >= 4 is 48.4 Å². The molecular formula is C51H67N4O12Si+. The summed E-state index contributed by atoms with van der Waals surface area (Å²) in [5.41, 5.74) is 2.70. The standard InChI is InChI=1S/C51H66N4O12Si/c1-14-35-37(64-10)20-26-65-51(15-2)49(62)40-38-39(44(59)33(7)48(40)67-51)46(61)41(36(45(38)60)28-52-54-21-24-55(9,25-22-54)23-17-27-68(11,12)13)53-50(63)30(4)19-16-18-29(3)42(57)31(5)43(58)32(6)47(35)66-34(8)56/h2,14,16,18-20,26,28-29,31-32,35,37,42-43,47,57-58H,1,21-25H2,3-13H3,(H3-,52,53,59,60,61,62,63)/p+1/b18-16+,26-20+,30-19-/t29-,31+,32+,35+,37-,42-,43+,47-,51-/m0/s1. The summed E-state index contributed by atoms with van der Waals surface area (Å²) < 4.78 is 24.3. The number of ether oxygens (including phenoxy) is 4. The molecule has 0 unspecified atom stereocenters. The number of aliphatic hydroxyl groups excluding tert-OH is 2. The fourth-order valence-corrected chi connectivity index (χ4v) is 9.32. The number of fused-ring (bicyclic) bond motifs is 14. The number of benzene rings is 2. The second kappa shape index (κ2) is 21.1. The number of hydrazone groups is 1. The van der Waals surface area contributed by atoms with Crippen LogP contribution in [0.25, 0.3) is 10.8 Å². The molecule has 0 spiro atoms. The SMILES string of the molecule is C#C[C@]12O/C=C/[C@H](OC)[C@@H](C=C)[C@@H](OC(C)=O)[C@H](C)[C@H](O)[C@H](C)[C@@H](O)[C@@H](C)/C=C/C=C(/C)C(=O)Nc3c(/C=N/N4CC[N+](C)(CC#C[Si](C)(C)C)CC4)c(O)c4c(c(c(C)c(O)c4c3O)O1)C2=O. The van der Waals surface area contributed by atoms with Crippen LogP contribution in [-0.4, -0.2) is 144 Å². The second-order valence-corrected chi connectivity index (χ2v) is 24.1. The van der Waals surface area contributed by atoms with E-state index in [4.69, 9.17) is 25.4 Å². The highest BCUT2D eigenvalue weighted by molar-refractivity contribution is 6.83. The van der Waals surface area contributed by atoms with Crippen molar-refractivity contribution in [2.24, 2.45) is 28.8 Å². The molecule has 0 radical (unpaired) electrons. The molecule has 0 saturated carbocycles. The van der Waals surface area contributed by atoms with E-state index >= 15 is 0 Å². The molecule has 5 bridgehead atoms. The maximum absolute atomic E-state index is 14.7. The lowest BCUT2D eigenvalue weighted by atomic mass is 9.78. The number of rotatable bonds is 6. The number of anilines is 1. The molecule has 6 rings (SSSR count). The zero-order chi connectivity index (χ0) is 50.6. The molecule has 1 saturated heterocycles. The Morgan fingerprint density at radius 1 is 1.06 bits per heavy atom. The van der Waals surface area contributed by atoms with E-state index in [1.54, 1.807) is 37.9 Å². The topological polar surface area (TPSA) is 217 Å². The first-order chi connectivity index (χ1) is 31.8. The van der Waals surface area contributed by atoms with Crippen LogP contribution in [0.1, 0.15) is 56.1 Å². The first-order valence-electron chi connectivity index (χ1n) is 22.7. The number of allylic oxidation sites excluding steroid dienone is 2. The van der Waals surface area contributed by atoms with Gasteiger partial charge in [-0.2, -0.15) is 5.10 Å². The molecule has 4 heterocycles. The quantitative estimate of drug-likeness (QED) is 0.0308. The van der Waals surface area contributed by atoms with E-state index < -0.39 is 96.9 Å². The number of piperazine rings is 1. The molecule has 68 heavy (non-hydrogen) atoms. The number of nitrogens with zero attached hydrogens (tertiary/aromatic N) is 3. The number of ketones is 1. The molecule has 2 aromatic carbocycles. The smallest absolute Gasteiger partial charge is 0.383 e. The monoisotopic (exact) mass is 955 g/mol. The Hall–Kier alpha value is -6.08. The number of hydrogen-bond donors (Lipinski definition) is 6. The number of phenols is 3. The van der Waals surface area contributed by atoms with Gasteiger partial charge in [0.15, 0.2) is 5.75 Å². The number of carbonyl (C=O) groups excluding carboxylic acids is 3. The molecule has 0 aliphatic carbocycles. The van der Waals surface area contributed by atoms with Crippen molar-refractivity contribution in [2.45, 2.75) is 91.4 Å². The van der Waals surface area contributed by atoms with Crippen LogP contribution in [0.15, 0.2) is 53.9 Å². The molecule has 1 fully saturated rings. The van der Waals surface area contributed by atoms with Gasteiger partial charge in [-0.15, -0.1) is 18.5 Å². The average Bonchev–Trinajstić information content (AvgIpc) is 3.58. The summed E-state index contributed by atoms with van der Waals surface area (Å²) in [5.74, 6) is -4.30. The molecule has 16 nitrogen and oxygen atoms in total. The van der Waals surface area contributed by atoms with E-state index in [1.165, 1.54) is 52.3 Å². The van der Waals surface area contributed by atoms with Gasteiger partial charge in [-0.3, -0.25) is 19.4 Å². The van der Waals surface area contributed by atoms with Gasteiger partial charge in [0.2, 0.25) is 0 Å². The van der Waals surface area contributed by atoms with Crippen molar-refractivity contribution < 1.29 is 63.3 Å². The summed E-state index contributed by atoms with van der Waals surface area (Å²) in [6, 6.07) is 0. The van der Waals surface area contributed by atoms with Gasteiger partial charge in [0.1, 0.15) is 38.0 Å². The maximum atomic E-state index is 14.7. The van der Waals surface area contributed by atoms with Gasteiger partial charge < -0.3 is 54.3 Å². The average molecular weight is 956 g/mol. The highest BCUT2D eigenvalue weighted by atomic mass is 28.3. The Kier molecular flexibility index (Phi) is 16.4. The Bertz CT molecular complexity index is 2540. The number of aromatic hydroxyl groups is 3. The highest BCUT2D eigenvalue weighted by Crippen LogP contribution is 2.55. The van der Waals surface area contributed by atoms with E-state index in [2.05, 4.69) is 61.1 Å². The van der Waals surface area contributed by atoms with Gasteiger partial charge in [0.05, 0.1) is 86.2 Å². The molecule has 2 aromatic rings. The van der Waals surface area contributed by atoms with Crippen molar-refractivity contribution in [3.8, 4) is 46.8 Å². The molecule has 366 valence electrons. The molecule has 4 aliphatic rings. The summed E-state index contributed by atoms with van der Waals surface area (Å²) >= 11 is 0. The molecule has 17 heteroatoms. The van der Waals surface area contributed by atoms with E-state index in [0.29, 0.717) is 37.2 Å². The summed E-state index contributed by atoms with van der Waals surface area (Å²) in [5, 5.41) is 67.7. The number of nitrogens with one attached hydrogen (secondary N) is 1. The van der Waals surface area contributed by atoms with Crippen LogP contribution in [0.4, 0.5) is 5.69 Å². The number of hydrogen-bond acceptors (Lipinski definition) is 14. The number of likely N-dealkylation sites (N-methyl/N-ethyl adjacent to an activating group) is 1. The number of methoxy groups -OCH3 is 1. The molecule has 1 amide bonds. The van der Waals surface area contributed by atoms with Crippen LogP contribution in [-0.2, 0) is 23.8 Å². The second-order valence-electron chi connectivity index (χ2n) is 19.4. The third-order valence-electron chi connectivity index (χ3n) is 13.1. The van der Waals surface area contributed by atoms with Crippen LogP contribution < -0.4 is 10.1 Å². The number of carbonyl (C=O) groups is 3. The number of amides is 1. The number of phenolic OH excluding ortho intramolecular Hbond substituents is 3. The Morgan fingerprint density at radius 2 is 1.72 bits per heavy atom. The molecular weight excluding hydrogens is 889 g/mol. The van der Waals surface area contributed by atoms with Crippen LogP contribution >= 0.6 is 0 Å². The van der Waals surface area contributed by atoms with Crippen molar-refractivity contribution in [3.63, 3.8) is 0 Å². The Balaban J connectivity index is 1.69. The highest BCUT2D eigenvalue weighted by Gasteiger charge is 2.52. The number of terminal acetylenes is 1. The van der Waals surface area contributed by atoms with Crippen molar-refractivity contribution in [3.05, 3.63) is 65.5 Å². The van der Waals surface area contributed by atoms with Gasteiger partial charge in [-0.05, 0) is 25.8 Å². The van der Waals surface area contributed by atoms with Crippen molar-refractivity contribution in [2.75, 3.05) is 52.2 Å². The first-order valence-corrected chi connectivity index (χ1v) is 26.2. The van der Waals surface area contributed by atoms with Crippen LogP contribution in [0.5, 0.6) is 23.0 Å². The first kappa shape index (κ1) is 52.9. The molecule has 9 atom stereocenters. The molecule has 6 N–H and O–H groups in total. The summed E-state index contributed by atoms with van der Waals surface area (Å²) in [6.07, 6.45) is 11.6. The third kappa shape index (κ3) is 10.9. The zero-order valence-electron chi connectivity index (χ0n) is 40.9. The summed E-state index contributed by atoms with van der Waals surface area (Å²) in [6.45, 7) is 22.9. The van der Waals surface area contributed by atoms with Gasteiger partial charge in [0.25, 0.3) is 11.7 Å². The van der Waals surface area contributed by atoms with E-state index in [1.807, 2.05) is 0 Å². The Morgan fingerprint density at radius 3 is 2.31 bits per heavy atom. The van der Waals surface area contributed by atoms with Crippen LogP contribution in [0, 0.1) is 54.4 Å². The number of Topliss-reactive ketones (excluding diaryl/α,β-unsaturated/α-hetero) is 1. The lowest BCUT2D eigenvalue weighted by Crippen LogP contribution is -2.56. The third-order valence-corrected chi connectivity index (χ3v) is 14.0. The van der Waals surface area contributed by atoms with Gasteiger partial charge >= 0.3 is 11.8 Å². The van der Waals surface area contributed by atoms with E-state index in [9.17, 15) is 39.9 Å². The fraction of sp³-hybridized carbons (Fsp3) is 0.490. The summed E-state index contributed by atoms with van der Waals surface area (Å²) in [4.78, 5) is 41.2. The molecule has 4 aliphatic heterocycles. The minimum absolute atomic E-state index is 0.0431. The fourth-order valence-electron chi connectivity index (χ4n) is 8.71. The number of aliphatic hydroxyl groups is 2. The minimum atomic E-state index is -2.52. The largest absolute Gasteiger partial charge is 0.507 e. The number of quaternary nitrogens is 1. The van der Waals surface area contributed by atoms with Crippen LogP contribution in [0.2, 0.25) is 19.6 Å². The van der Waals surface area contributed by atoms with Gasteiger partial charge in [-0.1, -0.05) is 70.6 Å². The Labute approximate surface area is 400 Å². The lowest BCUT2D eigenvalue weighted by Gasteiger charge is -2.39. The minimum Gasteiger partial charge on any atom is -0.507 e. The maximum Gasteiger partial charge on any atom is 0.383 e. The van der Waals surface area contributed by atoms with Crippen molar-refractivity contribution in [1.82, 2.24) is 5.01 Å². The normalized spacial score (nSPS) is 29.7. The predicted octanol–water partition coefficient (Wildman–Crippen LogP) is 5.51. The van der Waals surface area contributed by atoms with E-state index in [-0.39, 0.29) is 44.5 Å². The van der Waals surface area contributed by atoms with Crippen molar-refractivity contribution in [1.29, 1.82) is 0 Å². The lowest BCUT2D eigenvalue weighted by molar-refractivity contribution is -0.906. The van der Waals surface area contributed by atoms with Crippen LogP contribution in [0.3, 0.4) is 0 Å². The van der Waals surface area contributed by atoms with E-state index in [0.717, 1.165) is 6.26 Å². The summed E-state index contributed by atoms with van der Waals surface area (Å²) in [7, 11) is 1.96. The van der Waals surface area contributed by atoms with Gasteiger partial charge in [0, 0.05) is 54.2 Å². The molecule has 0 aromatic heterocycles. The van der Waals surface area contributed by atoms with Gasteiger partial charge in [-0.25, -0.2) is 0 Å².